The summed E-state index contributed by atoms with van der Waals surface area (Å²) >= 11 is 0. The standard InChI is InChI=1S/C13H24N2O3.ClH/c1-15(6-2-11-3-7-17-8-4-11)13(16)12-10-14-5-9-18-12;/h11-12,14H,2-10H2,1H3;1H. The fourth-order valence-corrected chi connectivity index (χ4v) is 2.49. The zero-order valence-corrected chi connectivity index (χ0v) is 12.4. The van der Waals surface area contributed by atoms with Crippen LogP contribution in [0.3, 0.4) is 0 Å². The molecule has 0 aliphatic carbocycles. The molecule has 1 atom stereocenters. The number of halogens is 1. The molecule has 2 saturated heterocycles. The zero-order valence-electron chi connectivity index (χ0n) is 11.6. The maximum absolute atomic E-state index is 12.1. The van der Waals surface area contributed by atoms with E-state index in [1.54, 1.807) is 0 Å². The molecule has 0 saturated carbocycles. The van der Waals surface area contributed by atoms with Gasteiger partial charge in [-0.2, -0.15) is 0 Å². The van der Waals surface area contributed by atoms with Gasteiger partial charge in [0.15, 0.2) is 0 Å². The molecule has 1 unspecified atom stereocenters. The molecule has 1 N–H and O–H groups in total. The quantitative estimate of drug-likeness (QED) is 0.828. The van der Waals surface area contributed by atoms with Crippen molar-refractivity contribution in [1.82, 2.24) is 10.2 Å². The summed E-state index contributed by atoms with van der Waals surface area (Å²) in [6, 6.07) is 0. The van der Waals surface area contributed by atoms with Crippen molar-refractivity contribution in [3.63, 3.8) is 0 Å². The summed E-state index contributed by atoms with van der Waals surface area (Å²) < 4.78 is 10.8. The Morgan fingerprint density at radius 1 is 1.32 bits per heavy atom. The number of morpholine rings is 1. The second-order valence-electron chi connectivity index (χ2n) is 5.17. The Kier molecular flexibility index (Phi) is 7.68. The normalized spacial score (nSPS) is 24.6. The second kappa shape index (κ2) is 8.74. The summed E-state index contributed by atoms with van der Waals surface area (Å²) in [5.41, 5.74) is 0. The number of carbonyl (C=O) groups excluding carboxylic acids is 1. The van der Waals surface area contributed by atoms with E-state index < -0.39 is 0 Å². The highest BCUT2D eigenvalue weighted by molar-refractivity contribution is 5.85. The lowest BCUT2D eigenvalue weighted by molar-refractivity contribution is -0.144. The number of hydrogen-bond acceptors (Lipinski definition) is 4. The molecule has 2 aliphatic rings. The lowest BCUT2D eigenvalue weighted by atomic mass is 9.96. The van der Waals surface area contributed by atoms with Gasteiger partial charge in [-0.15, -0.1) is 12.4 Å². The average Bonchev–Trinajstić information content (AvgIpc) is 2.46. The predicted molar refractivity (Wildman–Crippen MR) is 75.7 cm³/mol. The minimum absolute atomic E-state index is 0. The number of ether oxygens (including phenoxy) is 2. The molecule has 0 aromatic rings. The van der Waals surface area contributed by atoms with Gasteiger partial charge in [0.05, 0.1) is 6.61 Å². The topological polar surface area (TPSA) is 50.8 Å². The zero-order chi connectivity index (χ0) is 12.8. The number of nitrogens with zero attached hydrogens (tertiary/aromatic N) is 1. The molecule has 0 aromatic heterocycles. The van der Waals surface area contributed by atoms with E-state index in [1.807, 2.05) is 11.9 Å². The van der Waals surface area contributed by atoms with Crippen LogP contribution >= 0.6 is 12.4 Å². The van der Waals surface area contributed by atoms with Crippen LogP contribution in [0.15, 0.2) is 0 Å². The second-order valence-corrected chi connectivity index (χ2v) is 5.17. The summed E-state index contributed by atoms with van der Waals surface area (Å²) in [4.78, 5) is 13.9. The molecule has 19 heavy (non-hydrogen) atoms. The van der Waals surface area contributed by atoms with Crippen molar-refractivity contribution in [2.24, 2.45) is 5.92 Å². The van der Waals surface area contributed by atoms with Crippen LogP contribution in [-0.2, 0) is 14.3 Å². The molecule has 6 heteroatoms. The molecule has 2 rings (SSSR count). The summed E-state index contributed by atoms with van der Waals surface area (Å²) in [6.45, 7) is 4.68. The minimum Gasteiger partial charge on any atom is -0.381 e. The number of rotatable bonds is 4. The fourth-order valence-electron chi connectivity index (χ4n) is 2.49. The maximum Gasteiger partial charge on any atom is 0.252 e. The Balaban J connectivity index is 0.00000180. The van der Waals surface area contributed by atoms with Crippen LogP contribution in [0.1, 0.15) is 19.3 Å². The first-order chi connectivity index (χ1) is 8.77. The molecular weight excluding hydrogens is 268 g/mol. The van der Waals surface area contributed by atoms with Gasteiger partial charge in [0.1, 0.15) is 6.10 Å². The molecule has 5 nitrogen and oxygen atoms in total. The van der Waals surface area contributed by atoms with Crippen LogP contribution in [0.4, 0.5) is 0 Å². The van der Waals surface area contributed by atoms with Crippen LogP contribution in [0.5, 0.6) is 0 Å². The van der Waals surface area contributed by atoms with Crippen LogP contribution in [0.2, 0.25) is 0 Å². The molecule has 1 amide bonds. The average molecular weight is 293 g/mol. The van der Waals surface area contributed by atoms with Crippen LogP contribution in [0.25, 0.3) is 0 Å². The van der Waals surface area contributed by atoms with E-state index in [-0.39, 0.29) is 24.4 Å². The Hall–Kier alpha value is -0.360. The third-order valence-corrected chi connectivity index (χ3v) is 3.79. The lowest BCUT2D eigenvalue weighted by Gasteiger charge is -2.29. The summed E-state index contributed by atoms with van der Waals surface area (Å²) in [7, 11) is 1.87. The van der Waals surface area contributed by atoms with Crippen LogP contribution < -0.4 is 5.32 Å². The van der Waals surface area contributed by atoms with E-state index in [4.69, 9.17) is 9.47 Å². The van der Waals surface area contributed by atoms with Gasteiger partial charge in [-0.3, -0.25) is 4.79 Å². The highest BCUT2D eigenvalue weighted by atomic mass is 35.5. The van der Waals surface area contributed by atoms with E-state index in [1.165, 1.54) is 0 Å². The van der Waals surface area contributed by atoms with Crippen molar-refractivity contribution in [2.75, 3.05) is 46.5 Å². The van der Waals surface area contributed by atoms with E-state index >= 15 is 0 Å². The molecule has 2 fully saturated rings. The third kappa shape index (κ3) is 5.26. The number of likely N-dealkylation sites (N-methyl/N-ethyl adjacent to an activating group) is 1. The summed E-state index contributed by atoms with van der Waals surface area (Å²) in [5.74, 6) is 0.814. The minimum atomic E-state index is -0.293. The molecule has 2 heterocycles. The molecule has 0 bridgehead atoms. The van der Waals surface area contributed by atoms with Crippen molar-refractivity contribution in [3.8, 4) is 0 Å². The first kappa shape index (κ1) is 16.7. The van der Waals surface area contributed by atoms with Gasteiger partial charge in [-0.05, 0) is 25.2 Å². The Morgan fingerprint density at radius 3 is 2.68 bits per heavy atom. The molecule has 0 radical (unpaired) electrons. The predicted octanol–water partition coefficient (Wildman–Crippen LogP) is 0.672. The van der Waals surface area contributed by atoms with Crippen molar-refractivity contribution in [3.05, 3.63) is 0 Å². The Labute approximate surface area is 121 Å². The monoisotopic (exact) mass is 292 g/mol. The number of carbonyl (C=O) groups is 1. The van der Waals surface area contributed by atoms with Crippen molar-refractivity contribution >= 4 is 18.3 Å². The first-order valence-corrected chi connectivity index (χ1v) is 6.92. The van der Waals surface area contributed by atoms with Gasteiger partial charge in [0.25, 0.3) is 5.91 Å². The van der Waals surface area contributed by atoms with Crippen LogP contribution in [0, 0.1) is 5.92 Å². The maximum atomic E-state index is 12.1. The van der Waals surface area contributed by atoms with Gasteiger partial charge in [-0.1, -0.05) is 0 Å². The largest absolute Gasteiger partial charge is 0.381 e. The number of amides is 1. The highest BCUT2D eigenvalue weighted by Gasteiger charge is 2.25. The van der Waals surface area contributed by atoms with Gasteiger partial charge in [0, 0.05) is 39.9 Å². The summed E-state index contributed by atoms with van der Waals surface area (Å²) in [5, 5.41) is 3.19. The number of hydrogen-bond donors (Lipinski definition) is 1. The van der Waals surface area contributed by atoms with E-state index in [0.717, 1.165) is 45.6 Å². The van der Waals surface area contributed by atoms with Gasteiger partial charge < -0.3 is 19.7 Å². The smallest absolute Gasteiger partial charge is 0.252 e. The highest BCUT2D eigenvalue weighted by Crippen LogP contribution is 2.18. The van der Waals surface area contributed by atoms with Gasteiger partial charge in [-0.25, -0.2) is 0 Å². The summed E-state index contributed by atoms with van der Waals surface area (Å²) in [6.07, 6.45) is 3.04. The van der Waals surface area contributed by atoms with E-state index in [9.17, 15) is 4.79 Å². The van der Waals surface area contributed by atoms with Crippen molar-refractivity contribution in [2.45, 2.75) is 25.4 Å². The lowest BCUT2D eigenvalue weighted by Crippen LogP contribution is -2.48. The van der Waals surface area contributed by atoms with Gasteiger partial charge >= 0.3 is 0 Å². The van der Waals surface area contributed by atoms with Crippen molar-refractivity contribution in [1.29, 1.82) is 0 Å². The van der Waals surface area contributed by atoms with E-state index in [0.29, 0.717) is 19.1 Å². The fraction of sp³-hybridized carbons (Fsp3) is 0.923. The van der Waals surface area contributed by atoms with Crippen molar-refractivity contribution < 1.29 is 14.3 Å². The third-order valence-electron chi connectivity index (χ3n) is 3.79. The Bertz CT molecular complexity index is 267. The molecule has 2 aliphatic heterocycles. The van der Waals surface area contributed by atoms with E-state index in [2.05, 4.69) is 5.32 Å². The number of nitrogens with one attached hydrogen (secondary N) is 1. The molecule has 0 spiro atoms. The van der Waals surface area contributed by atoms with Crippen LogP contribution in [-0.4, -0.2) is 63.4 Å². The van der Waals surface area contributed by atoms with Gasteiger partial charge in [0.2, 0.25) is 0 Å². The SMILES string of the molecule is CN(CCC1CCOCC1)C(=O)C1CNCCO1.Cl. The first-order valence-electron chi connectivity index (χ1n) is 6.92. The Morgan fingerprint density at radius 2 is 2.05 bits per heavy atom. The molecular formula is C13H25ClN2O3. The molecule has 112 valence electrons. The molecule has 0 aromatic carbocycles.